The van der Waals surface area contributed by atoms with Gasteiger partial charge in [-0.05, 0) is 97.7 Å². The average molecular weight is 516 g/mol. The molecule has 0 heterocycles. The van der Waals surface area contributed by atoms with Crippen molar-refractivity contribution >= 4 is 13.5 Å². The molecule has 6 N–H and O–H groups in total. The van der Waals surface area contributed by atoms with E-state index in [0.717, 1.165) is 38.5 Å². The second kappa shape index (κ2) is 9.99. The van der Waals surface area contributed by atoms with Gasteiger partial charge < -0.3 is 30.4 Å². The van der Waals surface area contributed by atoms with Crippen LogP contribution in [0.1, 0.15) is 78.6 Å². The smallest absolute Gasteiger partial charge is 0.327 e. The summed E-state index contributed by atoms with van der Waals surface area (Å²) in [6, 6.07) is 0. The lowest BCUT2D eigenvalue weighted by Crippen LogP contribution is -2.62. The van der Waals surface area contributed by atoms with Gasteiger partial charge in [-0.3, -0.25) is 9.36 Å². The molecule has 0 aromatic carbocycles. The molecule has 8 nitrogen and oxygen atoms in total. The van der Waals surface area contributed by atoms with Gasteiger partial charge in [0.05, 0.1) is 24.5 Å². The number of fused-ring (bicyclic) bond motifs is 5. The number of carbonyl (C=O) groups is 1. The van der Waals surface area contributed by atoms with Crippen LogP contribution in [0.4, 0.5) is 0 Å². The van der Waals surface area contributed by atoms with Gasteiger partial charge in [0, 0.05) is 13.0 Å². The molecule has 0 saturated heterocycles. The van der Waals surface area contributed by atoms with Crippen LogP contribution in [0.25, 0.3) is 0 Å². The Morgan fingerprint density at radius 2 is 1.77 bits per heavy atom. The van der Waals surface area contributed by atoms with Crippen molar-refractivity contribution in [1.82, 2.24) is 5.32 Å². The molecule has 0 spiro atoms. The van der Waals surface area contributed by atoms with Gasteiger partial charge in [0.15, 0.2) is 0 Å². The van der Waals surface area contributed by atoms with Crippen molar-refractivity contribution in [1.29, 1.82) is 0 Å². The molecule has 202 valence electrons. The van der Waals surface area contributed by atoms with E-state index in [-0.39, 0.29) is 65.1 Å². The Bertz CT molecular complexity index is 835. The van der Waals surface area contributed by atoms with E-state index in [0.29, 0.717) is 25.2 Å². The first-order chi connectivity index (χ1) is 16.3. The highest BCUT2D eigenvalue weighted by molar-refractivity contribution is 7.51. The van der Waals surface area contributed by atoms with Crippen LogP contribution in [0.2, 0.25) is 0 Å². The number of rotatable bonds is 7. The zero-order valence-corrected chi connectivity index (χ0v) is 22.4. The molecular weight excluding hydrogens is 469 g/mol. The Morgan fingerprint density at radius 3 is 2.46 bits per heavy atom. The largest absolute Gasteiger partial charge is 0.393 e. The molecule has 4 aliphatic rings. The summed E-state index contributed by atoms with van der Waals surface area (Å²) in [4.78, 5) is 30.1. The first-order valence-corrected chi connectivity index (χ1v) is 15.4. The molecule has 0 aromatic heterocycles. The van der Waals surface area contributed by atoms with Gasteiger partial charge in [0.1, 0.15) is 0 Å². The van der Waals surface area contributed by atoms with E-state index < -0.39 is 19.8 Å². The summed E-state index contributed by atoms with van der Waals surface area (Å²) in [6.07, 6.45) is 5.41. The SMILES string of the molecule is CC(CCC(=O)NCCP(=O)(O)O)[C@H]1CCC2C3C(C[C@H](O)[C@@]21C)[C@@]1(C)CC[C@@H](O)CC1C[C@H]3O. The second-order valence-corrected chi connectivity index (χ2v) is 14.6. The molecule has 11 atom stereocenters. The van der Waals surface area contributed by atoms with Crippen molar-refractivity contribution in [3.05, 3.63) is 0 Å². The fourth-order valence-electron chi connectivity index (χ4n) is 9.12. The number of hydrogen-bond acceptors (Lipinski definition) is 5. The minimum Gasteiger partial charge on any atom is -0.393 e. The fraction of sp³-hybridized carbons (Fsp3) is 0.962. The van der Waals surface area contributed by atoms with Gasteiger partial charge in [0.2, 0.25) is 5.91 Å². The number of nitrogens with one attached hydrogen (secondary N) is 1. The average Bonchev–Trinajstić information content (AvgIpc) is 3.12. The van der Waals surface area contributed by atoms with Gasteiger partial charge in [-0.2, -0.15) is 0 Å². The molecule has 0 aromatic rings. The Labute approximate surface area is 209 Å². The third-order valence-electron chi connectivity index (χ3n) is 11.1. The first kappa shape index (κ1) is 27.5. The normalized spacial score (nSPS) is 46.3. The molecule has 0 radical (unpaired) electrons. The van der Waals surface area contributed by atoms with Crippen LogP contribution in [0.5, 0.6) is 0 Å². The molecule has 0 aliphatic heterocycles. The minimum absolute atomic E-state index is 0.0306. The summed E-state index contributed by atoms with van der Waals surface area (Å²) in [5, 5.41) is 35.9. The molecule has 35 heavy (non-hydrogen) atoms. The first-order valence-electron chi connectivity index (χ1n) is 13.6. The number of amides is 1. The molecule has 4 saturated carbocycles. The maximum atomic E-state index is 12.2. The second-order valence-electron chi connectivity index (χ2n) is 12.8. The Kier molecular flexibility index (Phi) is 7.86. The van der Waals surface area contributed by atoms with E-state index in [9.17, 15) is 24.7 Å². The van der Waals surface area contributed by atoms with Crippen LogP contribution in [-0.2, 0) is 9.36 Å². The number of carbonyl (C=O) groups excluding carboxylic acids is 1. The van der Waals surface area contributed by atoms with Gasteiger partial charge in [-0.15, -0.1) is 0 Å². The van der Waals surface area contributed by atoms with E-state index in [4.69, 9.17) is 9.79 Å². The highest BCUT2D eigenvalue weighted by Gasteiger charge is 2.65. The lowest BCUT2D eigenvalue weighted by Gasteiger charge is -2.63. The third-order valence-corrected chi connectivity index (χ3v) is 11.9. The number of hydrogen-bond donors (Lipinski definition) is 6. The van der Waals surface area contributed by atoms with Gasteiger partial charge in [-0.1, -0.05) is 20.8 Å². The van der Waals surface area contributed by atoms with Crippen LogP contribution >= 0.6 is 7.60 Å². The molecule has 0 bridgehead atoms. The van der Waals surface area contributed by atoms with Crippen molar-refractivity contribution in [2.24, 2.45) is 46.3 Å². The van der Waals surface area contributed by atoms with Crippen LogP contribution in [-0.4, -0.2) is 62.0 Å². The van der Waals surface area contributed by atoms with Crippen molar-refractivity contribution in [2.75, 3.05) is 12.7 Å². The van der Waals surface area contributed by atoms with Crippen molar-refractivity contribution in [2.45, 2.75) is 96.9 Å². The topological polar surface area (TPSA) is 147 Å². The van der Waals surface area contributed by atoms with E-state index in [1.807, 2.05) is 0 Å². The lowest BCUT2D eigenvalue weighted by atomic mass is 9.43. The van der Waals surface area contributed by atoms with Crippen LogP contribution in [0.15, 0.2) is 0 Å². The zero-order valence-electron chi connectivity index (χ0n) is 21.5. The lowest BCUT2D eigenvalue weighted by molar-refractivity contribution is -0.207. The summed E-state index contributed by atoms with van der Waals surface area (Å²) in [5.41, 5.74) is -0.240. The maximum absolute atomic E-state index is 12.2. The third kappa shape index (κ3) is 5.13. The summed E-state index contributed by atoms with van der Waals surface area (Å²) in [7, 11) is -4.12. The predicted molar refractivity (Wildman–Crippen MR) is 132 cm³/mol. The minimum atomic E-state index is -4.12. The molecule has 4 rings (SSSR count). The quantitative estimate of drug-likeness (QED) is 0.286. The highest BCUT2D eigenvalue weighted by Crippen LogP contribution is 2.68. The highest BCUT2D eigenvalue weighted by atomic mass is 31.2. The molecular formula is C26H46NO7P. The van der Waals surface area contributed by atoms with Crippen molar-refractivity contribution in [3.8, 4) is 0 Å². The summed E-state index contributed by atoms with van der Waals surface area (Å²) < 4.78 is 11.0. The Balaban J connectivity index is 1.43. The van der Waals surface area contributed by atoms with Gasteiger partial charge >= 0.3 is 7.60 Å². The molecule has 5 unspecified atom stereocenters. The molecule has 9 heteroatoms. The van der Waals surface area contributed by atoms with Crippen LogP contribution in [0, 0.1) is 46.3 Å². The summed E-state index contributed by atoms with van der Waals surface area (Å²) >= 11 is 0. The Hall–Kier alpha value is -0.500. The standard InChI is InChI=1S/C26H46NO7P/c1-15(4-7-23(31)27-10-11-35(32,33)34)18-5-6-19-24-20(14-22(30)26(18,19)3)25(2)9-8-17(28)12-16(25)13-21(24)29/h15-22,24,28-30H,4-14H2,1-3H3,(H,27,31)(H2,32,33,34)/t15?,16?,17-,18-,19?,20?,21-,22+,24?,25+,26-/m1/s1. The van der Waals surface area contributed by atoms with E-state index in [1.54, 1.807) is 0 Å². The molecule has 4 fully saturated rings. The fourth-order valence-corrected chi connectivity index (χ4v) is 9.52. The number of aliphatic hydroxyl groups excluding tert-OH is 3. The van der Waals surface area contributed by atoms with Crippen molar-refractivity contribution in [3.63, 3.8) is 0 Å². The van der Waals surface area contributed by atoms with E-state index in [2.05, 4.69) is 26.1 Å². The summed E-state index contributed by atoms with van der Waals surface area (Å²) in [5.74, 6) is 1.28. The van der Waals surface area contributed by atoms with Crippen LogP contribution in [0.3, 0.4) is 0 Å². The predicted octanol–water partition coefficient (Wildman–Crippen LogP) is 2.66. The maximum Gasteiger partial charge on any atom is 0.327 e. The van der Waals surface area contributed by atoms with Crippen LogP contribution < -0.4 is 5.32 Å². The van der Waals surface area contributed by atoms with Gasteiger partial charge in [-0.25, -0.2) is 0 Å². The molecule has 4 aliphatic carbocycles. The van der Waals surface area contributed by atoms with E-state index >= 15 is 0 Å². The van der Waals surface area contributed by atoms with E-state index in [1.165, 1.54) is 0 Å². The van der Waals surface area contributed by atoms with Gasteiger partial charge in [0.25, 0.3) is 0 Å². The summed E-state index contributed by atoms with van der Waals surface area (Å²) in [6.45, 7) is 6.66. The monoisotopic (exact) mass is 515 g/mol. The molecule has 1 amide bonds. The Morgan fingerprint density at radius 1 is 1.06 bits per heavy atom. The zero-order chi connectivity index (χ0) is 25.8. The number of aliphatic hydroxyl groups is 3. The van der Waals surface area contributed by atoms with Crippen molar-refractivity contribution < 1.29 is 34.5 Å².